The van der Waals surface area contributed by atoms with E-state index in [0.717, 1.165) is 38.0 Å². The molecule has 3 aliphatic heterocycles. The molecule has 176 valence electrons. The molecular formula is C26H34N4O3. The second kappa shape index (κ2) is 9.06. The number of piperidine rings is 3. The van der Waals surface area contributed by atoms with E-state index in [1.54, 1.807) is 25.2 Å². The number of fused-ring (bicyclic) bond motifs is 3. The Balaban J connectivity index is 1.43. The maximum absolute atomic E-state index is 13.0. The van der Waals surface area contributed by atoms with Gasteiger partial charge in [-0.05, 0) is 88.5 Å². The monoisotopic (exact) mass is 450 g/mol. The van der Waals surface area contributed by atoms with E-state index in [-0.39, 0.29) is 17.5 Å². The van der Waals surface area contributed by atoms with Gasteiger partial charge in [0.2, 0.25) is 0 Å². The molecule has 7 nitrogen and oxygen atoms in total. The van der Waals surface area contributed by atoms with Gasteiger partial charge in [0, 0.05) is 19.2 Å². The van der Waals surface area contributed by atoms with Crippen LogP contribution in [0, 0.1) is 5.92 Å². The van der Waals surface area contributed by atoms with Crippen LogP contribution in [0.25, 0.3) is 0 Å². The highest BCUT2D eigenvalue weighted by atomic mass is 16.5. The van der Waals surface area contributed by atoms with Gasteiger partial charge < -0.3 is 25.6 Å². The maximum atomic E-state index is 13.0. The van der Waals surface area contributed by atoms with Crippen LogP contribution in [-0.2, 0) is 5.54 Å². The molecule has 3 heterocycles. The van der Waals surface area contributed by atoms with Gasteiger partial charge in [-0.3, -0.25) is 4.79 Å². The van der Waals surface area contributed by atoms with Crippen LogP contribution in [0.4, 0.5) is 4.79 Å². The minimum absolute atomic E-state index is 0.152. The first-order chi connectivity index (χ1) is 15.7. The molecule has 2 bridgehead atoms. The quantitative estimate of drug-likeness (QED) is 0.624. The number of hydrogen-bond acceptors (Lipinski definition) is 4. The molecule has 1 atom stereocenters. The molecule has 3 aliphatic rings. The molecular weight excluding hydrogens is 416 g/mol. The molecule has 3 N–H and O–H groups in total. The average molecular weight is 451 g/mol. The number of ether oxygens (including phenoxy) is 1. The summed E-state index contributed by atoms with van der Waals surface area (Å²) in [5.41, 5.74) is 0.664. The lowest BCUT2D eigenvalue weighted by Gasteiger charge is -2.52. The Morgan fingerprint density at radius 3 is 2.36 bits per heavy atom. The Kier molecular flexibility index (Phi) is 6.34. The molecule has 3 amide bonds. The number of nitrogens with zero attached hydrogens (tertiary/aromatic N) is 1. The smallest absolute Gasteiger partial charge is 0.315 e. The molecule has 3 saturated heterocycles. The summed E-state index contributed by atoms with van der Waals surface area (Å²) in [6.07, 6.45) is 2.28. The molecule has 3 fully saturated rings. The third kappa shape index (κ3) is 5.14. The first-order valence-electron chi connectivity index (χ1n) is 11.6. The molecule has 0 spiro atoms. The van der Waals surface area contributed by atoms with Crippen LogP contribution < -0.4 is 20.7 Å². The van der Waals surface area contributed by atoms with Crippen molar-refractivity contribution >= 4 is 11.9 Å². The van der Waals surface area contributed by atoms with Crippen molar-refractivity contribution < 1.29 is 14.3 Å². The molecule has 2 aromatic carbocycles. The molecule has 2 aromatic rings. The lowest BCUT2D eigenvalue weighted by atomic mass is 9.74. The lowest BCUT2D eigenvalue weighted by Crippen LogP contribution is -2.67. The fourth-order valence-electron chi connectivity index (χ4n) is 5.04. The molecule has 5 rings (SSSR count). The predicted molar refractivity (Wildman–Crippen MR) is 129 cm³/mol. The van der Waals surface area contributed by atoms with Crippen molar-refractivity contribution in [3.63, 3.8) is 0 Å². The third-order valence-corrected chi connectivity index (χ3v) is 6.98. The van der Waals surface area contributed by atoms with Crippen LogP contribution in [0.1, 0.15) is 49.5 Å². The van der Waals surface area contributed by atoms with E-state index in [9.17, 15) is 9.59 Å². The molecule has 7 heteroatoms. The number of amides is 3. The summed E-state index contributed by atoms with van der Waals surface area (Å²) >= 11 is 0. The largest absolute Gasteiger partial charge is 0.457 e. The van der Waals surface area contributed by atoms with E-state index in [2.05, 4.69) is 27.8 Å². The van der Waals surface area contributed by atoms with Gasteiger partial charge in [-0.25, -0.2) is 4.79 Å². The number of carbonyl (C=O) groups excluding carboxylic acids is 2. The van der Waals surface area contributed by atoms with Crippen molar-refractivity contribution in [1.29, 1.82) is 0 Å². The lowest BCUT2D eigenvalue weighted by molar-refractivity contribution is 0.0224. The van der Waals surface area contributed by atoms with Gasteiger partial charge in [0.25, 0.3) is 5.91 Å². The molecule has 0 aliphatic carbocycles. The molecule has 33 heavy (non-hydrogen) atoms. The highest BCUT2D eigenvalue weighted by Gasteiger charge is 2.44. The van der Waals surface area contributed by atoms with Crippen molar-refractivity contribution in [2.75, 3.05) is 26.7 Å². The van der Waals surface area contributed by atoms with E-state index < -0.39 is 5.54 Å². The Hall–Kier alpha value is -3.06. The SMILES string of the molecule is CNC(=O)c1cccc(Oc2cccc(C(C)(C)NC(=O)NC3(C)CN4CCC3CC4)c2)c1. The van der Waals surface area contributed by atoms with Gasteiger partial charge in [-0.2, -0.15) is 0 Å². The number of rotatable bonds is 6. The topological polar surface area (TPSA) is 82.7 Å². The summed E-state index contributed by atoms with van der Waals surface area (Å²) < 4.78 is 6.01. The Morgan fingerprint density at radius 1 is 1.06 bits per heavy atom. The zero-order valence-corrected chi connectivity index (χ0v) is 19.9. The van der Waals surface area contributed by atoms with Crippen LogP contribution >= 0.6 is 0 Å². The van der Waals surface area contributed by atoms with Crippen LogP contribution in [0.5, 0.6) is 11.5 Å². The Bertz CT molecular complexity index is 1030. The summed E-state index contributed by atoms with van der Waals surface area (Å²) in [5.74, 6) is 1.58. The number of benzene rings is 2. The van der Waals surface area contributed by atoms with Crippen LogP contribution in [-0.4, -0.2) is 49.1 Å². The summed E-state index contributed by atoms with van der Waals surface area (Å²) in [5, 5.41) is 9.04. The maximum Gasteiger partial charge on any atom is 0.315 e. The van der Waals surface area contributed by atoms with Crippen molar-refractivity contribution in [3.8, 4) is 11.5 Å². The van der Waals surface area contributed by atoms with Gasteiger partial charge >= 0.3 is 6.03 Å². The van der Waals surface area contributed by atoms with Gasteiger partial charge in [-0.1, -0.05) is 18.2 Å². The highest BCUT2D eigenvalue weighted by molar-refractivity contribution is 5.94. The minimum atomic E-state index is -0.599. The fourth-order valence-corrected chi connectivity index (χ4v) is 5.04. The summed E-state index contributed by atoms with van der Waals surface area (Å²) in [4.78, 5) is 27.3. The molecule has 0 radical (unpaired) electrons. The van der Waals surface area contributed by atoms with E-state index in [4.69, 9.17) is 4.74 Å². The van der Waals surface area contributed by atoms with E-state index in [0.29, 0.717) is 23.0 Å². The van der Waals surface area contributed by atoms with Crippen molar-refractivity contribution in [3.05, 3.63) is 59.7 Å². The summed E-state index contributed by atoms with van der Waals surface area (Å²) in [6.45, 7) is 9.30. The zero-order chi connectivity index (χ0) is 23.6. The first kappa shape index (κ1) is 23.1. The van der Waals surface area contributed by atoms with Crippen molar-refractivity contribution in [1.82, 2.24) is 20.9 Å². The number of nitrogens with one attached hydrogen (secondary N) is 3. The van der Waals surface area contributed by atoms with E-state index >= 15 is 0 Å². The minimum Gasteiger partial charge on any atom is -0.457 e. The molecule has 0 saturated carbocycles. The average Bonchev–Trinajstić information content (AvgIpc) is 2.78. The molecule has 0 aromatic heterocycles. The predicted octanol–water partition coefficient (Wildman–Crippen LogP) is 3.86. The van der Waals surface area contributed by atoms with E-state index in [1.165, 1.54) is 0 Å². The standard InChI is InChI=1S/C26H34N4O3/c1-25(2,28-24(32)29-26(3)17-30-13-11-19(26)12-14-30)20-8-6-10-22(16-20)33-21-9-5-7-18(15-21)23(31)27-4/h5-10,15-16,19H,11-14,17H2,1-4H3,(H,27,31)(H2,28,29,32). The van der Waals surface area contributed by atoms with Gasteiger partial charge in [-0.15, -0.1) is 0 Å². The van der Waals surface area contributed by atoms with Crippen LogP contribution in [0.15, 0.2) is 48.5 Å². The number of carbonyl (C=O) groups is 2. The summed E-state index contributed by atoms with van der Waals surface area (Å²) in [6, 6.07) is 14.6. The molecule has 1 unspecified atom stereocenters. The Labute approximate surface area is 195 Å². The number of hydrogen-bond donors (Lipinski definition) is 3. The van der Waals surface area contributed by atoms with Crippen LogP contribution in [0.3, 0.4) is 0 Å². The summed E-state index contributed by atoms with van der Waals surface area (Å²) in [7, 11) is 1.60. The van der Waals surface area contributed by atoms with Crippen molar-refractivity contribution in [2.24, 2.45) is 5.92 Å². The second-order valence-corrected chi connectivity index (χ2v) is 9.91. The van der Waals surface area contributed by atoms with E-state index in [1.807, 2.05) is 44.2 Å². The highest BCUT2D eigenvalue weighted by Crippen LogP contribution is 2.35. The number of urea groups is 1. The third-order valence-electron chi connectivity index (χ3n) is 6.98. The van der Waals surface area contributed by atoms with Crippen LogP contribution in [0.2, 0.25) is 0 Å². The zero-order valence-electron chi connectivity index (χ0n) is 19.9. The van der Waals surface area contributed by atoms with Gasteiger partial charge in [0.15, 0.2) is 0 Å². The fraction of sp³-hybridized carbons (Fsp3) is 0.462. The second-order valence-electron chi connectivity index (χ2n) is 9.91. The first-order valence-corrected chi connectivity index (χ1v) is 11.6. The van der Waals surface area contributed by atoms with Crippen molar-refractivity contribution in [2.45, 2.75) is 44.7 Å². The van der Waals surface area contributed by atoms with Gasteiger partial charge in [0.1, 0.15) is 11.5 Å². The Morgan fingerprint density at radius 2 is 1.73 bits per heavy atom. The normalized spacial score (nSPS) is 24.1. The van der Waals surface area contributed by atoms with Gasteiger partial charge in [0.05, 0.1) is 11.1 Å².